The molecule has 0 spiro atoms. The van der Waals surface area contributed by atoms with E-state index in [1.165, 1.54) is 20.0 Å². The van der Waals surface area contributed by atoms with E-state index in [1.807, 2.05) is 18.2 Å². The zero-order chi connectivity index (χ0) is 15.8. The van der Waals surface area contributed by atoms with Gasteiger partial charge >= 0.3 is 6.03 Å². The van der Waals surface area contributed by atoms with E-state index in [0.29, 0.717) is 6.29 Å². The summed E-state index contributed by atoms with van der Waals surface area (Å²) in [6.07, 6.45) is 2.17. The third-order valence-corrected chi connectivity index (χ3v) is 2.83. The van der Waals surface area contributed by atoms with Gasteiger partial charge in [-0.05, 0) is 18.6 Å². The Morgan fingerprint density at radius 2 is 1.90 bits per heavy atom. The van der Waals surface area contributed by atoms with Crippen molar-refractivity contribution in [2.75, 3.05) is 13.6 Å². The third-order valence-electron chi connectivity index (χ3n) is 2.83. The summed E-state index contributed by atoms with van der Waals surface area (Å²) in [5.74, 6) is -0.622. The number of hydrogen-bond acceptors (Lipinski definition) is 4. The summed E-state index contributed by atoms with van der Waals surface area (Å²) >= 11 is 0. The molecule has 21 heavy (non-hydrogen) atoms. The van der Waals surface area contributed by atoms with Crippen LogP contribution in [0.3, 0.4) is 0 Å². The molecule has 1 aromatic carbocycles. The van der Waals surface area contributed by atoms with E-state index in [0.717, 1.165) is 15.4 Å². The number of imide groups is 1. The summed E-state index contributed by atoms with van der Waals surface area (Å²) < 4.78 is 0. The molecule has 1 unspecified atom stereocenters. The Balaban J connectivity index is 2.85. The lowest BCUT2D eigenvalue weighted by atomic mass is 10.2. The minimum absolute atomic E-state index is 0.367. The first-order chi connectivity index (χ1) is 9.97. The molecule has 0 aliphatic carbocycles. The van der Waals surface area contributed by atoms with Crippen molar-refractivity contribution in [3.05, 3.63) is 42.0 Å². The average molecular weight is 290 g/mol. The van der Waals surface area contributed by atoms with E-state index in [9.17, 15) is 19.5 Å². The van der Waals surface area contributed by atoms with Crippen LogP contribution in [0.5, 0.6) is 0 Å². The molecule has 112 valence electrons. The molecule has 1 atom stereocenters. The van der Waals surface area contributed by atoms with E-state index >= 15 is 0 Å². The lowest BCUT2D eigenvalue weighted by Gasteiger charge is -2.26. The molecule has 0 bridgehead atoms. The van der Waals surface area contributed by atoms with Crippen molar-refractivity contribution in [3.63, 3.8) is 0 Å². The van der Waals surface area contributed by atoms with Gasteiger partial charge in [-0.15, -0.1) is 0 Å². The van der Waals surface area contributed by atoms with Crippen LogP contribution in [0.4, 0.5) is 4.79 Å². The first kappa shape index (κ1) is 16.6. The quantitative estimate of drug-likeness (QED) is 0.501. The normalized spacial score (nSPS) is 12.0. The zero-order valence-electron chi connectivity index (χ0n) is 12.0. The minimum Gasteiger partial charge on any atom is -0.374 e. The second kappa shape index (κ2) is 7.96. The van der Waals surface area contributed by atoms with Gasteiger partial charge in [0.05, 0.1) is 6.54 Å². The number of nitrogens with zero attached hydrogens (tertiary/aromatic N) is 2. The highest BCUT2D eigenvalue weighted by Crippen LogP contribution is 2.05. The SMILES string of the molecule is CC(O)N(C)C(=O)N(CC=O)C(=O)/C=C/c1ccccc1. The number of aldehydes is 1. The summed E-state index contributed by atoms with van der Waals surface area (Å²) in [7, 11) is 1.35. The highest BCUT2D eigenvalue weighted by Gasteiger charge is 2.24. The van der Waals surface area contributed by atoms with Gasteiger partial charge in [-0.25, -0.2) is 4.79 Å². The number of hydrogen-bond donors (Lipinski definition) is 1. The number of aliphatic hydroxyl groups is 1. The molecule has 3 amide bonds. The summed E-state index contributed by atoms with van der Waals surface area (Å²) in [4.78, 5) is 36.4. The fourth-order valence-corrected chi connectivity index (χ4v) is 1.51. The molecule has 0 fully saturated rings. The summed E-state index contributed by atoms with van der Waals surface area (Å²) in [5.41, 5.74) is 0.799. The second-order valence-electron chi connectivity index (χ2n) is 4.38. The molecule has 0 saturated heterocycles. The standard InChI is InChI=1S/C15H18N2O4/c1-12(19)16(2)15(21)17(10-11-18)14(20)9-8-13-6-4-3-5-7-13/h3-9,11-12,19H,10H2,1-2H3/b9-8+. The first-order valence-corrected chi connectivity index (χ1v) is 6.40. The van der Waals surface area contributed by atoms with Gasteiger partial charge in [0.2, 0.25) is 0 Å². The maximum atomic E-state index is 12.0. The number of urea groups is 1. The van der Waals surface area contributed by atoms with Crippen LogP contribution in [0, 0.1) is 0 Å². The fraction of sp³-hybridized carbons (Fsp3) is 0.267. The van der Waals surface area contributed by atoms with Gasteiger partial charge in [-0.1, -0.05) is 30.3 Å². The average Bonchev–Trinajstić information content (AvgIpc) is 2.49. The summed E-state index contributed by atoms with van der Waals surface area (Å²) in [6, 6.07) is 8.35. The number of carbonyl (C=O) groups excluding carboxylic acids is 3. The monoisotopic (exact) mass is 290 g/mol. The molecule has 0 heterocycles. The largest absolute Gasteiger partial charge is 0.374 e. The van der Waals surface area contributed by atoms with Gasteiger partial charge < -0.3 is 14.8 Å². The molecule has 1 N–H and O–H groups in total. The third kappa shape index (κ3) is 4.85. The van der Waals surface area contributed by atoms with Gasteiger partial charge in [0.1, 0.15) is 12.5 Å². The second-order valence-corrected chi connectivity index (χ2v) is 4.38. The number of rotatable bonds is 5. The predicted octanol–water partition coefficient (Wildman–Crippen LogP) is 1.12. The van der Waals surface area contributed by atoms with E-state index in [4.69, 9.17) is 0 Å². The topological polar surface area (TPSA) is 77.9 Å². The Bertz CT molecular complexity index is 526. The Morgan fingerprint density at radius 1 is 1.29 bits per heavy atom. The zero-order valence-corrected chi connectivity index (χ0v) is 12.0. The Morgan fingerprint density at radius 3 is 2.43 bits per heavy atom. The maximum absolute atomic E-state index is 12.0. The van der Waals surface area contributed by atoms with Crippen molar-refractivity contribution in [2.24, 2.45) is 0 Å². The van der Waals surface area contributed by atoms with Crippen LogP contribution >= 0.6 is 0 Å². The summed E-state index contributed by atoms with van der Waals surface area (Å²) in [5, 5.41) is 9.36. The number of aliphatic hydroxyl groups excluding tert-OH is 1. The van der Waals surface area contributed by atoms with Crippen molar-refractivity contribution < 1.29 is 19.5 Å². The lowest BCUT2D eigenvalue weighted by molar-refractivity contribution is -0.126. The van der Waals surface area contributed by atoms with Gasteiger partial charge in [-0.3, -0.25) is 9.69 Å². The molecule has 1 aromatic rings. The van der Waals surface area contributed by atoms with Crippen LogP contribution in [0.1, 0.15) is 12.5 Å². The molecule has 0 aromatic heterocycles. The van der Waals surface area contributed by atoms with Crippen molar-refractivity contribution in [1.29, 1.82) is 0 Å². The van der Waals surface area contributed by atoms with E-state index in [-0.39, 0.29) is 6.54 Å². The first-order valence-electron chi connectivity index (χ1n) is 6.40. The van der Waals surface area contributed by atoms with Gasteiger partial charge in [0.15, 0.2) is 0 Å². The van der Waals surface area contributed by atoms with Crippen LogP contribution in [-0.2, 0) is 9.59 Å². The minimum atomic E-state index is -1.06. The Kier molecular flexibility index (Phi) is 6.29. The molecule has 6 heteroatoms. The molecular formula is C15H18N2O4. The van der Waals surface area contributed by atoms with Crippen LogP contribution in [0.25, 0.3) is 6.08 Å². The van der Waals surface area contributed by atoms with Crippen LogP contribution in [0.15, 0.2) is 36.4 Å². The van der Waals surface area contributed by atoms with Crippen molar-refractivity contribution in [1.82, 2.24) is 9.80 Å². The van der Waals surface area contributed by atoms with Crippen molar-refractivity contribution in [3.8, 4) is 0 Å². The molecule has 0 saturated carbocycles. The van der Waals surface area contributed by atoms with Crippen LogP contribution in [-0.4, -0.2) is 53.0 Å². The van der Waals surface area contributed by atoms with Crippen LogP contribution in [0.2, 0.25) is 0 Å². The molecule has 6 nitrogen and oxygen atoms in total. The molecule has 0 aliphatic rings. The van der Waals surface area contributed by atoms with Gasteiger partial charge in [0, 0.05) is 13.1 Å². The lowest BCUT2D eigenvalue weighted by Crippen LogP contribution is -2.47. The molecule has 0 radical (unpaired) electrons. The van der Waals surface area contributed by atoms with Gasteiger partial charge in [0.25, 0.3) is 5.91 Å². The van der Waals surface area contributed by atoms with Gasteiger partial charge in [-0.2, -0.15) is 0 Å². The van der Waals surface area contributed by atoms with E-state index in [2.05, 4.69) is 0 Å². The molecule has 1 rings (SSSR count). The molecule has 0 aliphatic heterocycles. The number of amides is 3. The molecular weight excluding hydrogens is 272 g/mol. The maximum Gasteiger partial charge on any atom is 0.329 e. The predicted molar refractivity (Wildman–Crippen MR) is 78.1 cm³/mol. The van der Waals surface area contributed by atoms with Crippen molar-refractivity contribution in [2.45, 2.75) is 13.2 Å². The number of carbonyl (C=O) groups is 3. The summed E-state index contributed by atoms with van der Waals surface area (Å²) in [6.45, 7) is 1.02. The Hall–Kier alpha value is -2.47. The highest BCUT2D eigenvalue weighted by molar-refractivity contribution is 6.03. The Labute approximate surface area is 123 Å². The van der Waals surface area contributed by atoms with E-state index < -0.39 is 18.2 Å². The van der Waals surface area contributed by atoms with Crippen LogP contribution < -0.4 is 0 Å². The van der Waals surface area contributed by atoms with E-state index in [1.54, 1.807) is 18.2 Å². The van der Waals surface area contributed by atoms with Crippen molar-refractivity contribution >= 4 is 24.3 Å². The smallest absolute Gasteiger partial charge is 0.329 e. The highest BCUT2D eigenvalue weighted by atomic mass is 16.3. The fourth-order valence-electron chi connectivity index (χ4n) is 1.51. The number of benzene rings is 1.